The Morgan fingerprint density at radius 2 is 1.80 bits per heavy atom. The molecule has 2 rings (SSSR count). The molecule has 0 saturated heterocycles. The average Bonchev–Trinajstić information content (AvgIpc) is 2.66. The van der Waals surface area contributed by atoms with Crippen LogP contribution in [0.25, 0.3) is 0 Å². The molecule has 8 nitrogen and oxygen atoms in total. The fourth-order valence-corrected chi connectivity index (χ4v) is 2.57. The predicted octanol–water partition coefficient (Wildman–Crippen LogP) is 1.44. The van der Waals surface area contributed by atoms with E-state index in [0.29, 0.717) is 28.0 Å². The van der Waals surface area contributed by atoms with Gasteiger partial charge >= 0.3 is 0 Å². The lowest BCUT2D eigenvalue weighted by Gasteiger charge is -2.10. The van der Waals surface area contributed by atoms with Crippen molar-refractivity contribution in [2.45, 2.75) is 11.6 Å². The molecule has 0 aliphatic carbocycles. The van der Waals surface area contributed by atoms with E-state index in [2.05, 4.69) is 20.8 Å². The first-order valence-electron chi connectivity index (χ1n) is 7.35. The van der Waals surface area contributed by atoms with Crippen molar-refractivity contribution in [2.75, 3.05) is 20.0 Å². The number of rotatable bonds is 7. The van der Waals surface area contributed by atoms with Gasteiger partial charge < -0.3 is 9.47 Å². The van der Waals surface area contributed by atoms with Crippen LogP contribution in [0.15, 0.2) is 41.8 Å². The van der Waals surface area contributed by atoms with Crippen LogP contribution < -0.4 is 20.3 Å². The monoisotopic (exact) mass is 362 g/mol. The van der Waals surface area contributed by atoms with Crippen molar-refractivity contribution >= 4 is 23.6 Å². The van der Waals surface area contributed by atoms with Gasteiger partial charge in [0.1, 0.15) is 0 Å². The molecular weight excluding hydrogens is 344 g/mol. The second kappa shape index (κ2) is 9.48. The first-order chi connectivity index (χ1) is 12.1. The molecule has 0 bridgehead atoms. The summed E-state index contributed by atoms with van der Waals surface area (Å²) >= 11 is 1.36. The molecule has 132 valence electrons. The second-order valence-electron chi connectivity index (χ2n) is 4.70. The minimum Gasteiger partial charge on any atom is -0.493 e. The minimum atomic E-state index is -0.451. The van der Waals surface area contributed by atoms with Crippen molar-refractivity contribution in [3.05, 3.63) is 42.2 Å². The molecule has 0 atom stereocenters. The molecule has 2 aromatic rings. The van der Waals surface area contributed by atoms with E-state index in [1.807, 2.05) is 0 Å². The van der Waals surface area contributed by atoms with Crippen LogP contribution in [0, 0.1) is 0 Å². The number of amides is 2. The number of hydrogen-bond donors (Lipinski definition) is 2. The Hall–Kier alpha value is -2.81. The Kier molecular flexibility index (Phi) is 7.02. The molecule has 1 heterocycles. The lowest BCUT2D eigenvalue weighted by molar-refractivity contribution is -0.121. The van der Waals surface area contributed by atoms with Gasteiger partial charge in [0, 0.05) is 30.1 Å². The molecule has 2 N–H and O–H groups in total. The van der Waals surface area contributed by atoms with Gasteiger partial charge in [0.2, 0.25) is 5.91 Å². The molecule has 0 aliphatic heterocycles. The van der Waals surface area contributed by atoms with Gasteiger partial charge in [0.25, 0.3) is 5.91 Å². The summed E-state index contributed by atoms with van der Waals surface area (Å²) in [6, 6.07) is 6.45. The normalized spacial score (nSPS) is 10.0. The standard InChI is InChI=1S/C16H18N4O4S/c1-23-12-5-4-11(10-13(12)24-2)15(22)20-19-14(21)6-9-25-16-17-7-3-8-18-16/h3-5,7-8,10H,6,9H2,1-2H3,(H,19,21)(H,20,22). The Bertz CT molecular complexity index is 727. The number of nitrogens with zero attached hydrogens (tertiary/aromatic N) is 2. The van der Waals surface area contributed by atoms with Crippen molar-refractivity contribution in [3.63, 3.8) is 0 Å². The van der Waals surface area contributed by atoms with E-state index >= 15 is 0 Å². The Morgan fingerprint density at radius 3 is 2.48 bits per heavy atom. The van der Waals surface area contributed by atoms with Crippen LogP contribution in [0.1, 0.15) is 16.8 Å². The molecule has 0 aliphatic rings. The minimum absolute atomic E-state index is 0.217. The van der Waals surface area contributed by atoms with E-state index in [-0.39, 0.29) is 12.3 Å². The van der Waals surface area contributed by atoms with Gasteiger partial charge in [0.15, 0.2) is 16.7 Å². The van der Waals surface area contributed by atoms with Crippen LogP contribution >= 0.6 is 11.8 Å². The third-order valence-electron chi connectivity index (χ3n) is 3.06. The van der Waals surface area contributed by atoms with Crippen LogP contribution in [0.5, 0.6) is 11.5 Å². The van der Waals surface area contributed by atoms with Crippen LogP contribution in [-0.4, -0.2) is 41.8 Å². The largest absolute Gasteiger partial charge is 0.493 e. The number of thioether (sulfide) groups is 1. The highest BCUT2D eigenvalue weighted by Crippen LogP contribution is 2.27. The molecule has 0 fully saturated rings. The first-order valence-corrected chi connectivity index (χ1v) is 8.33. The van der Waals surface area contributed by atoms with Crippen molar-refractivity contribution in [3.8, 4) is 11.5 Å². The number of ether oxygens (including phenoxy) is 2. The maximum atomic E-state index is 12.1. The summed E-state index contributed by atoms with van der Waals surface area (Å²) in [6.07, 6.45) is 3.49. The number of hydrazine groups is 1. The smallest absolute Gasteiger partial charge is 0.269 e. The van der Waals surface area contributed by atoms with Gasteiger partial charge in [-0.2, -0.15) is 0 Å². The molecule has 0 radical (unpaired) electrons. The van der Waals surface area contributed by atoms with Crippen LogP contribution in [0.4, 0.5) is 0 Å². The molecule has 0 saturated carbocycles. The predicted molar refractivity (Wildman–Crippen MR) is 92.5 cm³/mol. The maximum Gasteiger partial charge on any atom is 0.269 e. The van der Waals surface area contributed by atoms with Gasteiger partial charge in [-0.15, -0.1) is 0 Å². The highest BCUT2D eigenvalue weighted by atomic mass is 32.2. The summed E-state index contributed by atoms with van der Waals surface area (Å²) < 4.78 is 10.3. The van der Waals surface area contributed by atoms with E-state index in [0.717, 1.165) is 0 Å². The molecule has 0 spiro atoms. The molecule has 25 heavy (non-hydrogen) atoms. The fraction of sp³-hybridized carbons (Fsp3) is 0.250. The number of hydrogen-bond acceptors (Lipinski definition) is 7. The Morgan fingerprint density at radius 1 is 1.08 bits per heavy atom. The SMILES string of the molecule is COc1ccc(C(=O)NNC(=O)CCSc2ncccn2)cc1OC. The molecule has 1 aromatic heterocycles. The summed E-state index contributed by atoms with van der Waals surface area (Å²) in [4.78, 5) is 31.9. The van der Waals surface area contributed by atoms with E-state index in [9.17, 15) is 9.59 Å². The highest BCUT2D eigenvalue weighted by molar-refractivity contribution is 7.99. The Labute approximate surface area is 149 Å². The third-order valence-corrected chi connectivity index (χ3v) is 3.94. The molecule has 9 heteroatoms. The first kappa shape index (κ1) is 18.5. The maximum absolute atomic E-state index is 12.1. The average molecular weight is 362 g/mol. The number of aromatic nitrogens is 2. The van der Waals surface area contributed by atoms with E-state index in [1.165, 1.54) is 32.0 Å². The molecule has 1 aromatic carbocycles. The van der Waals surface area contributed by atoms with Gasteiger partial charge in [-0.05, 0) is 24.3 Å². The summed E-state index contributed by atoms with van der Waals surface area (Å²) in [6.45, 7) is 0. The van der Waals surface area contributed by atoms with Gasteiger partial charge in [-0.1, -0.05) is 11.8 Å². The molecule has 2 amide bonds. The third kappa shape index (κ3) is 5.64. The number of carbonyl (C=O) groups is 2. The van der Waals surface area contributed by atoms with Crippen LogP contribution in [0.3, 0.4) is 0 Å². The number of carbonyl (C=O) groups excluding carboxylic acids is 2. The lowest BCUT2D eigenvalue weighted by atomic mass is 10.2. The summed E-state index contributed by atoms with van der Waals surface area (Å²) in [5, 5.41) is 0.602. The van der Waals surface area contributed by atoms with Crippen LogP contribution in [0.2, 0.25) is 0 Å². The zero-order valence-corrected chi connectivity index (χ0v) is 14.6. The molecular formula is C16H18N4O4S. The van der Waals surface area contributed by atoms with Crippen LogP contribution in [-0.2, 0) is 4.79 Å². The molecule has 0 unspecified atom stereocenters. The highest BCUT2D eigenvalue weighted by Gasteiger charge is 2.11. The Balaban J connectivity index is 1.78. The second-order valence-corrected chi connectivity index (χ2v) is 5.76. The van der Waals surface area contributed by atoms with Crippen molar-refractivity contribution in [1.82, 2.24) is 20.8 Å². The van der Waals surface area contributed by atoms with E-state index in [1.54, 1.807) is 30.6 Å². The zero-order valence-electron chi connectivity index (χ0n) is 13.8. The van der Waals surface area contributed by atoms with Gasteiger partial charge in [-0.25, -0.2) is 9.97 Å². The summed E-state index contributed by atoms with van der Waals surface area (Å²) in [5.41, 5.74) is 5.07. The van der Waals surface area contributed by atoms with Crippen molar-refractivity contribution in [2.24, 2.45) is 0 Å². The topological polar surface area (TPSA) is 102 Å². The van der Waals surface area contributed by atoms with E-state index < -0.39 is 5.91 Å². The fourth-order valence-electron chi connectivity index (χ4n) is 1.83. The summed E-state index contributed by atoms with van der Waals surface area (Å²) in [7, 11) is 2.99. The van der Waals surface area contributed by atoms with Gasteiger partial charge in [0.05, 0.1) is 14.2 Å². The number of nitrogens with one attached hydrogen (secondary N) is 2. The number of benzene rings is 1. The quantitative estimate of drug-likeness (QED) is 0.436. The lowest BCUT2D eigenvalue weighted by Crippen LogP contribution is -2.41. The zero-order chi connectivity index (χ0) is 18.1. The van der Waals surface area contributed by atoms with Crippen molar-refractivity contribution < 1.29 is 19.1 Å². The van der Waals surface area contributed by atoms with Crippen molar-refractivity contribution in [1.29, 1.82) is 0 Å². The van der Waals surface area contributed by atoms with E-state index in [4.69, 9.17) is 9.47 Å². The number of methoxy groups -OCH3 is 2. The summed E-state index contributed by atoms with van der Waals surface area (Å²) in [5.74, 6) is 0.691. The van der Waals surface area contributed by atoms with Gasteiger partial charge in [-0.3, -0.25) is 20.4 Å².